The van der Waals surface area contributed by atoms with Crippen LogP contribution >= 0.6 is 0 Å². The van der Waals surface area contributed by atoms with Crippen LogP contribution in [0.25, 0.3) is 0 Å². The van der Waals surface area contributed by atoms with E-state index >= 15 is 0 Å². The van der Waals surface area contributed by atoms with E-state index in [0.29, 0.717) is 19.3 Å². The number of hydrogen-bond acceptors (Lipinski definition) is 6. The molecule has 0 aliphatic heterocycles. The predicted molar refractivity (Wildman–Crippen MR) is 343 cm³/mol. The second-order valence-electron chi connectivity index (χ2n) is 22.0. The zero-order chi connectivity index (χ0) is 57.1. The third kappa shape index (κ3) is 64.8. The molecule has 1 unspecified atom stereocenters. The van der Waals surface area contributed by atoms with Crippen LogP contribution in [-0.2, 0) is 28.6 Å². The van der Waals surface area contributed by atoms with E-state index in [1.807, 2.05) is 0 Å². The van der Waals surface area contributed by atoms with Crippen LogP contribution in [0.3, 0.4) is 0 Å². The molecule has 0 saturated heterocycles. The van der Waals surface area contributed by atoms with Gasteiger partial charge in [-0.1, -0.05) is 297 Å². The second kappa shape index (κ2) is 66.6. The third-order valence-electron chi connectivity index (χ3n) is 14.3. The molecule has 0 aromatic rings. The Kier molecular flexibility index (Phi) is 63.3. The number of unbranched alkanes of at least 4 members (excludes halogenated alkanes) is 31. The van der Waals surface area contributed by atoms with Crippen molar-refractivity contribution in [3.8, 4) is 0 Å². The molecule has 1 atom stereocenters. The van der Waals surface area contributed by atoms with Crippen molar-refractivity contribution in [2.75, 3.05) is 13.2 Å². The van der Waals surface area contributed by atoms with Crippen molar-refractivity contribution in [2.24, 2.45) is 0 Å². The minimum Gasteiger partial charge on any atom is -0.462 e. The molecule has 0 saturated carbocycles. The minimum atomic E-state index is -0.788. The van der Waals surface area contributed by atoms with E-state index in [4.69, 9.17) is 14.2 Å². The zero-order valence-electron chi connectivity index (χ0n) is 51.9. The van der Waals surface area contributed by atoms with E-state index in [1.165, 1.54) is 148 Å². The SMILES string of the molecule is CC/C=C\C/C=C\C/C=C\C/C=C\C/C=C\C/C=C\C/C=C\C/C=C\CCCCCCCCC(=O)OCC(COC(=O)CCCCCCC/C=C\CCCCC)OC(=O)CCCCCCCCCCCCCCCCCCCC. The molecule has 452 valence electrons. The molecule has 0 aliphatic carbocycles. The fourth-order valence-corrected chi connectivity index (χ4v) is 9.28. The number of carbonyl (C=O) groups is 3. The molecule has 0 amide bonds. The van der Waals surface area contributed by atoms with E-state index < -0.39 is 6.10 Å². The molecule has 0 radical (unpaired) electrons. The van der Waals surface area contributed by atoms with Gasteiger partial charge in [-0.2, -0.15) is 0 Å². The number of rotatable bonds is 60. The van der Waals surface area contributed by atoms with E-state index in [9.17, 15) is 14.4 Å². The maximum absolute atomic E-state index is 12.9. The van der Waals surface area contributed by atoms with Gasteiger partial charge >= 0.3 is 17.9 Å². The van der Waals surface area contributed by atoms with Crippen molar-refractivity contribution in [1.29, 1.82) is 0 Å². The van der Waals surface area contributed by atoms with Crippen LogP contribution in [0.1, 0.15) is 316 Å². The Morgan fingerprint density at radius 3 is 0.810 bits per heavy atom. The molecule has 0 aromatic carbocycles. The average molecular weight is 1100 g/mol. The highest BCUT2D eigenvalue weighted by Crippen LogP contribution is 2.17. The maximum atomic E-state index is 12.9. The number of allylic oxidation sites excluding steroid dienone is 18. The van der Waals surface area contributed by atoms with Crippen LogP contribution < -0.4 is 0 Å². The molecule has 0 bridgehead atoms. The minimum absolute atomic E-state index is 0.0848. The van der Waals surface area contributed by atoms with Crippen LogP contribution in [0.5, 0.6) is 0 Å². The molecular weight excluding hydrogens is 973 g/mol. The topological polar surface area (TPSA) is 78.9 Å². The van der Waals surface area contributed by atoms with Gasteiger partial charge in [0.05, 0.1) is 0 Å². The summed E-state index contributed by atoms with van der Waals surface area (Å²) >= 11 is 0. The second-order valence-corrected chi connectivity index (χ2v) is 22.0. The molecule has 0 rings (SSSR count). The first-order chi connectivity index (χ1) is 39.0. The Balaban J connectivity index is 4.30. The molecule has 0 N–H and O–H groups in total. The standard InChI is InChI=1S/C73H124O6/c1-4-7-10-13-16-19-22-25-27-29-31-32-33-34-35-36-37-38-39-40-41-42-43-45-46-48-51-54-57-60-63-66-72(75)78-69-70(68-77-71(74)65-62-59-56-53-50-24-21-18-15-12-9-6-3)79-73(76)67-64-61-58-55-52-49-47-44-30-28-26-23-20-17-14-11-8-5-2/h7,10,16,18-19,21,25,27,31-32,34-35,37-38,40-41,43,45,70H,4-6,8-9,11-15,17,20,22-24,26,28-30,33,36,39,42,44,46-69H2,1-3H3/b10-7-,19-16-,21-18-,27-25-,32-31-,35-34-,38-37-,41-40-,45-43-. The molecule has 79 heavy (non-hydrogen) atoms. The number of esters is 3. The Bertz CT molecular complexity index is 1590. The fraction of sp³-hybridized carbons (Fsp3) is 0.712. The van der Waals surface area contributed by atoms with E-state index in [-0.39, 0.29) is 31.1 Å². The van der Waals surface area contributed by atoms with Crippen LogP contribution in [0, 0.1) is 0 Å². The largest absolute Gasteiger partial charge is 0.462 e. The van der Waals surface area contributed by atoms with Gasteiger partial charge < -0.3 is 14.2 Å². The molecular formula is C73H124O6. The highest BCUT2D eigenvalue weighted by molar-refractivity contribution is 5.71. The van der Waals surface area contributed by atoms with Crippen LogP contribution in [-0.4, -0.2) is 37.2 Å². The monoisotopic (exact) mass is 1100 g/mol. The summed E-state index contributed by atoms with van der Waals surface area (Å²) in [5, 5.41) is 0. The van der Waals surface area contributed by atoms with Crippen molar-refractivity contribution in [3.05, 3.63) is 109 Å². The highest BCUT2D eigenvalue weighted by atomic mass is 16.6. The van der Waals surface area contributed by atoms with Gasteiger partial charge in [-0.05, 0) is 109 Å². The predicted octanol–water partition coefficient (Wildman–Crippen LogP) is 23.0. The van der Waals surface area contributed by atoms with Gasteiger partial charge in [0.1, 0.15) is 13.2 Å². The average Bonchev–Trinajstić information content (AvgIpc) is 3.45. The van der Waals surface area contributed by atoms with Crippen LogP contribution in [0.4, 0.5) is 0 Å². The molecule has 6 heteroatoms. The zero-order valence-corrected chi connectivity index (χ0v) is 51.9. The van der Waals surface area contributed by atoms with Crippen molar-refractivity contribution in [1.82, 2.24) is 0 Å². The molecule has 0 fully saturated rings. The van der Waals surface area contributed by atoms with Gasteiger partial charge in [0.15, 0.2) is 6.10 Å². The highest BCUT2D eigenvalue weighted by Gasteiger charge is 2.19. The van der Waals surface area contributed by atoms with Crippen molar-refractivity contribution >= 4 is 17.9 Å². The summed E-state index contributed by atoms with van der Waals surface area (Å²) in [6.45, 7) is 6.51. The fourth-order valence-electron chi connectivity index (χ4n) is 9.28. The van der Waals surface area contributed by atoms with E-state index in [0.717, 1.165) is 128 Å². The van der Waals surface area contributed by atoms with Crippen molar-refractivity contribution < 1.29 is 28.6 Å². The summed E-state index contributed by atoms with van der Waals surface area (Å²) in [6.07, 6.45) is 91.0. The number of ether oxygens (including phenoxy) is 3. The lowest BCUT2D eigenvalue weighted by Crippen LogP contribution is -2.30. The summed E-state index contributed by atoms with van der Waals surface area (Å²) in [5.74, 6) is -0.897. The molecule has 0 aliphatic rings. The quantitative estimate of drug-likeness (QED) is 0.0261. The first kappa shape index (κ1) is 75.1. The molecule has 0 heterocycles. The number of hydrogen-bond donors (Lipinski definition) is 0. The Labute approximate surface area is 489 Å². The molecule has 0 spiro atoms. The van der Waals surface area contributed by atoms with Crippen LogP contribution in [0.2, 0.25) is 0 Å². The first-order valence-corrected chi connectivity index (χ1v) is 33.4. The van der Waals surface area contributed by atoms with Gasteiger partial charge in [0, 0.05) is 19.3 Å². The lowest BCUT2D eigenvalue weighted by Gasteiger charge is -2.18. The maximum Gasteiger partial charge on any atom is 0.306 e. The summed E-state index contributed by atoms with van der Waals surface area (Å²) in [6, 6.07) is 0. The first-order valence-electron chi connectivity index (χ1n) is 33.4. The molecule has 0 aromatic heterocycles. The Hall–Kier alpha value is -3.93. The Morgan fingerprint density at radius 2 is 0.494 bits per heavy atom. The van der Waals surface area contributed by atoms with Gasteiger partial charge in [-0.3, -0.25) is 14.4 Å². The van der Waals surface area contributed by atoms with Gasteiger partial charge in [-0.25, -0.2) is 0 Å². The number of carbonyl (C=O) groups excluding carboxylic acids is 3. The smallest absolute Gasteiger partial charge is 0.306 e. The molecule has 6 nitrogen and oxygen atoms in total. The van der Waals surface area contributed by atoms with Gasteiger partial charge in [0.25, 0.3) is 0 Å². The Morgan fingerprint density at radius 1 is 0.266 bits per heavy atom. The summed E-state index contributed by atoms with van der Waals surface area (Å²) in [4.78, 5) is 38.3. The summed E-state index contributed by atoms with van der Waals surface area (Å²) < 4.78 is 16.9. The van der Waals surface area contributed by atoms with Crippen LogP contribution in [0.15, 0.2) is 109 Å². The van der Waals surface area contributed by atoms with E-state index in [1.54, 1.807) is 0 Å². The van der Waals surface area contributed by atoms with Crippen molar-refractivity contribution in [2.45, 2.75) is 322 Å². The van der Waals surface area contributed by atoms with Gasteiger partial charge in [0.2, 0.25) is 0 Å². The van der Waals surface area contributed by atoms with E-state index in [2.05, 4.69) is 130 Å². The lowest BCUT2D eigenvalue weighted by atomic mass is 10.0. The third-order valence-corrected chi connectivity index (χ3v) is 14.3. The lowest BCUT2D eigenvalue weighted by molar-refractivity contribution is -0.167. The van der Waals surface area contributed by atoms with Gasteiger partial charge in [-0.15, -0.1) is 0 Å². The normalized spacial score (nSPS) is 12.8. The summed E-state index contributed by atoms with van der Waals surface area (Å²) in [5.41, 5.74) is 0. The van der Waals surface area contributed by atoms with Crippen molar-refractivity contribution in [3.63, 3.8) is 0 Å². The summed E-state index contributed by atoms with van der Waals surface area (Å²) in [7, 11) is 0.